The molecule has 0 atom stereocenters. The highest BCUT2D eigenvalue weighted by molar-refractivity contribution is 7.16. The molecule has 2 aromatic rings. The highest BCUT2D eigenvalue weighted by Gasteiger charge is 2.25. The molecule has 1 aromatic carbocycles. The number of nitrogens with one attached hydrogen (secondary N) is 1. The lowest BCUT2D eigenvalue weighted by Gasteiger charge is -2.15. The highest BCUT2D eigenvalue weighted by atomic mass is 32.1. The molecule has 0 aliphatic heterocycles. The van der Waals surface area contributed by atoms with Crippen LogP contribution in [0, 0.1) is 11.3 Å². The van der Waals surface area contributed by atoms with E-state index < -0.39 is 0 Å². The second-order valence-corrected chi connectivity index (χ2v) is 6.97. The molecule has 0 saturated carbocycles. The molecule has 1 amide bonds. The molecule has 3 rings (SSSR count). The third kappa shape index (κ3) is 3.08. The second kappa shape index (κ2) is 7.67. The van der Waals surface area contributed by atoms with Crippen LogP contribution in [0.2, 0.25) is 0 Å². The summed E-state index contributed by atoms with van der Waals surface area (Å²) in [6, 6.07) is 5.52. The maximum absolute atomic E-state index is 12.9. The van der Waals surface area contributed by atoms with Crippen LogP contribution in [0.15, 0.2) is 12.1 Å². The Morgan fingerprint density at radius 2 is 1.85 bits per heavy atom. The standard InChI is InChI=1S/C19H20N2O4S/c1-23-14-9-8-12(16(24-2)17(14)25-3)18(22)21-19-13(10-20)11-6-4-5-7-15(11)26-19/h8-9H,4-7H2,1-3H3,(H,21,22). The fourth-order valence-corrected chi connectivity index (χ4v) is 4.46. The number of nitriles is 1. The molecule has 0 bridgehead atoms. The minimum atomic E-state index is -0.349. The average Bonchev–Trinajstić information content (AvgIpc) is 3.03. The Hall–Kier alpha value is -2.72. The van der Waals surface area contributed by atoms with Gasteiger partial charge in [-0.15, -0.1) is 11.3 Å². The highest BCUT2D eigenvalue weighted by Crippen LogP contribution is 2.41. The number of hydrogen-bond donors (Lipinski definition) is 1. The van der Waals surface area contributed by atoms with Gasteiger partial charge < -0.3 is 19.5 Å². The maximum Gasteiger partial charge on any atom is 0.260 e. The minimum absolute atomic E-state index is 0.296. The van der Waals surface area contributed by atoms with Crippen molar-refractivity contribution in [1.29, 1.82) is 5.26 Å². The Morgan fingerprint density at radius 3 is 2.50 bits per heavy atom. The van der Waals surface area contributed by atoms with Gasteiger partial charge in [-0.25, -0.2) is 0 Å². The molecule has 0 spiro atoms. The second-order valence-electron chi connectivity index (χ2n) is 5.86. The molecule has 1 heterocycles. The number of aryl methyl sites for hydroxylation is 1. The van der Waals surface area contributed by atoms with E-state index in [-0.39, 0.29) is 5.91 Å². The van der Waals surface area contributed by atoms with Crippen LogP contribution >= 0.6 is 11.3 Å². The number of methoxy groups -OCH3 is 3. The first-order valence-corrected chi connectivity index (χ1v) is 9.11. The lowest BCUT2D eigenvalue weighted by atomic mass is 9.96. The van der Waals surface area contributed by atoms with E-state index in [0.29, 0.717) is 33.4 Å². The van der Waals surface area contributed by atoms with Crippen LogP contribution in [-0.4, -0.2) is 27.2 Å². The van der Waals surface area contributed by atoms with Gasteiger partial charge in [-0.1, -0.05) is 0 Å². The van der Waals surface area contributed by atoms with Crippen LogP contribution in [0.4, 0.5) is 5.00 Å². The average molecular weight is 372 g/mol. The van der Waals surface area contributed by atoms with Crippen molar-refractivity contribution in [2.45, 2.75) is 25.7 Å². The summed E-state index contributed by atoms with van der Waals surface area (Å²) < 4.78 is 16.0. The van der Waals surface area contributed by atoms with Gasteiger partial charge in [0.25, 0.3) is 5.91 Å². The number of rotatable bonds is 5. The molecule has 1 aliphatic carbocycles. The van der Waals surface area contributed by atoms with Crippen molar-refractivity contribution in [3.63, 3.8) is 0 Å². The van der Waals surface area contributed by atoms with E-state index in [1.807, 2.05) is 0 Å². The molecule has 1 N–H and O–H groups in total. The van der Waals surface area contributed by atoms with E-state index in [9.17, 15) is 10.1 Å². The van der Waals surface area contributed by atoms with Crippen molar-refractivity contribution in [2.24, 2.45) is 0 Å². The fourth-order valence-electron chi connectivity index (χ4n) is 3.22. The van der Waals surface area contributed by atoms with Gasteiger partial charge >= 0.3 is 0 Å². The van der Waals surface area contributed by atoms with Crippen molar-refractivity contribution < 1.29 is 19.0 Å². The van der Waals surface area contributed by atoms with Crippen molar-refractivity contribution >= 4 is 22.2 Å². The number of fused-ring (bicyclic) bond motifs is 1. The molecule has 136 valence electrons. The summed E-state index contributed by atoms with van der Waals surface area (Å²) >= 11 is 1.49. The number of nitrogens with zero attached hydrogens (tertiary/aromatic N) is 1. The van der Waals surface area contributed by atoms with E-state index >= 15 is 0 Å². The third-order valence-electron chi connectivity index (χ3n) is 4.46. The Labute approximate surface area is 156 Å². The number of amides is 1. The molecular formula is C19H20N2O4S. The zero-order valence-corrected chi connectivity index (χ0v) is 15.8. The number of thiophene rings is 1. The number of carbonyl (C=O) groups is 1. The first-order chi connectivity index (χ1) is 12.6. The first kappa shape index (κ1) is 18.1. The van der Waals surface area contributed by atoms with Crippen LogP contribution in [0.5, 0.6) is 17.2 Å². The smallest absolute Gasteiger partial charge is 0.260 e. The van der Waals surface area contributed by atoms with Crippen LogP contribution < -0.4 is 19.5 Å². The van der Waals surface area contributed by atoms with E-state index in [2.05, 4.69) is 11.4 Å². The van der Waals surface area contributed by atoms with Gasteiger partial charge in [0.1, 0.15) is 11.1 Å². The summed E-state index contributed by atoms with van der Waals surface area (Å²) in [5.74, 6) is 0.779. The van der Waals surface area contributed by atoms with Crippen molar-refractivity contribution in [2.75, 3.05) is 26.6 Å². The Morgan fingerprint density at radius 1 is 1.12 bits per heavy atom. The molecule has 0 unspecified atom stereocenters. The van der Waals surface area contributed by atoms with Crippen molar-refractivity contribution in [1.82, 2.24) is 0 Å². The Kier molecular flexibility index (Phi) is 5.33. The van der Waals surface area contributed by atoms with E-state index in [1.54, 1.807) is 12.1 Å². The van der Waals surface area contributed by atoms with E-state index in [0.717, 1.165) is 31.2 Å². The van der Waals surface area contributed by atoms with E-state index in [1.165, 1.54) is 37.5 Å². The Balaban J connectivity index is 1.97. The number of benzene rings is 1. The topological polar surface area (TPSA) is 80.6 Å². The SMILES string of the molecule is COc1ccc(C(=O)Nc2sc3c(c2C#N)CCCC3)c(OC)c1OC. The van der Waals surface area contributed by atoms with Gasteiger partial charge in [0.2, 0.25) is 5.75 Å². The zero-order chi connectivity index (χ0) is 18.7. The number of hydrogen-bond acceptors (Lipinski definition) is 6. The summed E-state index contributed by atoms with van der Waals surface area (Å²) in [5.41, 5.74) is 1.98. The largest absolute Gasteiger partial charge is 0.493 e. The summed E-state index contributed by atoms with van der Waals surface area (Å²) in [5, 5.41) is 13.0. The molecule has 1 aromatic heterocycles. The van der Waals surface area contributed by atoms with Gasteiger partial charge in [0, 0.05) is 4.88 Å². The molecule has 6 nitrogen and oxygen atoms in total. The van der Waals surface area contributed by atoms with Crippen LogP contribution in [0.1, 0.15) is 39.2 Å². The predicted octanol–water partition coefficient (Wildman–Crippen LogP) is 3.78. The van der Waals surface area contributed by atoms with Crippen molar-refractivity contribution in [3.8, 4) is 23.3 Å². The summed E-state index contributed by atoms with van der Waals surface area (Å²) in [4.78, 5) is 14.0. The first-order valence-electron chi connectivity index (χ1n) is 8.29. The molecule has 0 saturated heterocycles. The molecular weight excluding hydrogens is 352 g/mol. The molecule has 26 heavy (non-hydrogen) atoms. The zero-order valence-electron chi connectivity index (χ0n) is 15.0. The molecule has 7 heteroatoms. The maximum atomic E-state index is 12.9. The third-order valence-corrected chi connectivity index (χ3v) is 5.67. The quantitative estimate of drug-likeness (QED) is 0.864. The normalized spacial score (nSPS) is 12.7. The van der Waals surface area contributed by atoms with Gasteiger partial charge in [0.15, 0.2) is 11.5 Å². The summed E-state index contributed by atoms with van der Waals surface area (Å²) in [6.07, 6.45) is 4.05. The monoisotopic (exact) mass is 372 g/mol. The molecule has 1 aliphatic rings. The van der Waals surface area contributed by atoms with Gasteiger partial charge in [-0.3, -0.25) is 4.79 Å². The number of anilines is 1. The molecule has 0 fully saturated rings. The van der Waals surface area contributed by atoms with Crippen LogP contribution in [0.25, 0.3) is 0 Å². The van der Waals surface area contributed by atoms with Crippen molar-refractivity contribution in [3.05, 3.63) is 33.7 Å². The predicted molar refractivity (Wildman–Crippen MR) is 99.7 cm³/mol. The van der Waals surface area contributed by atoms with Gasteiger partial charge in [0.05, 0.1) is 32.5 Å². The summed E-state index contributed by atoms with van der Waals surface area (Å²) in [7, 11) is 4.48. The van der Waals surface area contributed by atoms with Gasteiger partial charge in [-0.2, -0.15) is 5.26 Å². The number of ether oxygens (including phenoxy) is 3. The number of carbonyl (C=O) groups excluding carboxylic acids is 1. The fraction of sp³-hybridized carbons (Fsp3) is 0.368. The lowest BCUT2D eigenvalue weighted by Crippen LogP contribution is -2.14. The summed E-state index contributed by atoms with van der Waals surface area (Å²) in [6.45, 7) is 0. The molecule has 0 radical (unpaired) electrons. The lowest BCUT2D eigenvalue weighted by molar-refractivity contribution is 0.102. The Bertz CT molecular complexity index is 883. The van der Waals surface area contributed by atoms with E-state index in [4.69, 9.17) is 14.2 Å². The van der Waals surface area contributed by atoms with Crippen LogP contribution in [0.3, 0.4) is 0 Å². The van der Waals surface area contributed by atoms with Crippen LogP contribution in [-0.2, 0) is 12.8 Å². The van der Waals surface area contributed by atoms with Gasteiger partial charge in [-0.05, 0) is 43.4 Å². The minimum Gasteiger partial charge on any atom is -0.493 e.